The van der Waals surface area contributed by atoms with Crippen molar-refractivity contribution in [3.05, 3.63) is 34.4 Å². The number of amides is 1. The second-order valence-corrected chi connectivity index (χ2v) is 2.59. The molecule has 0 heterocycles. The molecule has 7 nitrogen and oxygen atoms in total. The van der Waals surface area contributed by atoms with E-state index in [1.807, 2.05) is 0 Å². The first-order valence-corrected chi connectivity index (χ1v) is 3.94. The summed E-state index contributed by atoms with van der Waals surface area (Å²) >= 11 is 0. The maximum absolute atomic E-state index is 11.0. The Morgan fingerprint density at radius 1 is 1.53 bits per heavy atom. The van der Waals surface area contributed by atoms with Gasteiger partial charge < -0.3 is 4.74 Å². The van der Waals surface area contributed by atoms with Crippen LogP contribution >= 0.6 is 0 Å². The first-order chi connectivity index (χ1) is 7.07. The van der Waals surface area contributed by atoms with E-state index in [4.69, 9.17) is 5.84 Å². The van der Waals surface area contributed by atoms with Crippen LogP contribution in [0.4, 0.5) is 16.2 Å². The molecule has 1 aromatic rings. The highest BCUT2D eigenvalue weighted by atomic mass is 16.6. The van der Waals surface area contributed by atoms with Crippen LogP contribution < -0.4 is 10.9 Å². The van der Waals surface area contributed by atoms with E-state index in [0.717, 1.165) is 7.11 Å². The number of carbonyl (C=O) groups is 1. The van der Waals surface area contributed by atoms with Gasteiger partial charge in [-0.25, -0.2) is 15.6 Å². The Balaban J connectivity index is 3.13. The van der Waals surface area contributed by atoms with Crippen molar-refractivity contribution in [3.63, 3.8) is 0 Å². The summed E-state index contributed by atoms with van der Waals surface area (Å²) in [5.74, 6) is 5.34. The molecule has 15 heavy (non-hydrogen) atoms. The number of nitro groups is 1. The van der Waals surface area contributed by atoms with Gasteiger partial charge in [-0.1, -0.05) is 12.1 Å². The maximum Gasteiger partial charge on any atom is 0.428 e. The number of anilines is 1. The second-order valence-electron chi connectivity index (χ2n) is 2.59. The van der Waals surface area contributed by atoms with Gasteiger partial charge in [0.2, 0.25) is 0 Å². The zero-order valence-corrected chi connectivity index (χ0v) is 7.91. The van der Waals surface area contributed by atoms with Crippen LogP contribution in [0.2, 0.25) is 0 Å². The van der Waals surface area contributed by atoms with Crippen molar-refractivity contribution in [1.82, 2.24) is 0 Å². The number of nitro benzene ring substituents is 1. The number of rotatable bonds is 2. The molecule has 0 unspecified atom stereocenters. The third-order valence-corrected chi connectivity index (χ3v) is 1.71. The molecule has 80 valence electrons. The fraction of sp³-hybridized carbons (Fsp3) is 0.125. The number of benzene rings is 1. The molecule has 0 fully saturated rings. The Labute approximate surface area is 85.2 Å². The highest BCUT2D eigenvalue weighted by Gasteiger charge is 2.21. The van der Waals surface area contributed by atoms with Crippen LogP contribution in [0.1, 0.15) is 0 Å². The summed E-state index contributed by atoms with van der Waals surface area (Å²) in [6.07, 6.45) is -0.871. The number of nitrogens with two attached hydrogens (primary N) is 1. The topological polar surface area (TPSA) is 98.7 Å². The molecule has 0 saturated carbocycles. The van der Waals surface area contributed by atoms with Gasteiger partial charge in [-0.15, -0.1) is 0 Å². The van der Waals surface area contributed by atoms with Gasteiger partial charge in [-0.3, -0.25) is 10.1 Å². The van der Waals surface area contributed by atoms with Crippen LogP contribution in [0.25, 0.3) is 0 Å². The minimum atomic E-state index is -0.871. The predicted octanol–water partition coefficient (Wildman–Crippen LogP) is 1.04. The number of para-hydroxylation sites is 2. The van der Waals surface area contributed by atoms with Crippen molar-refractivity contribution in [3.8, 4) is 0 Å². The Kier molecular flexibility index (Phi) is 3.19. The van der Waals surface area contributed by atoms with Crippen LogP contribution in [-0.4, -0.2) is 18.1 Å². The van der Waals surface area contributed by atoms with Crippen LogP contribution in [-0.2, 0) is 4.74 Å². The molecule has 1 aromatic carbocycles. The van der Waals surface area contributed by atoms with Gasteiger partial charge in [-0.2, -0.15) is 0 Å². The lowest BCUT2D eigenvalue weighted by atomic mass is 10.2. The molecule has 0 aliphatic heterocycles. The third-order valence-electron chi connectivity index (χ3n) is 1.71. The number of methoxy groups -OCH3 is 1. The minimum Gasteiger partial charge on any atom is -0.452 e. The number of ether oxygens (including phenoxy) is 1. The van der Waals surface area contributed by atoms with Crippen molar-refractivity contribution >= 4 is 17.5 Å². The highest BCUT2D eigenvalue weighted by Crippen LogP contribution is 2.25. The molecule has 0 spiro atoms. The lowest BCUT2D eigenvalue weighted by Gasteiger charge is -2.14. The van der Waals surface area contributed by atoms with Crippen molar-refractivity contribution in [2.24, 2.45) is 5.84 Å². The quantitative estimate of drug-likeness (QED) is 0.341. The summed E-state index contributed by atoms with van der Waals surface area (Å²) in [4.78, 5) is 21.0. The van der Waals surface area contributed by atoms with Gasteiger partial charge in [0.15, 0.2) is 0 Å². The van der Waals surface area contributed by atoms with Crippen LogP contribution in [0.15, 0.2) is 24.3 Å². The predicted molar refractivity (Wildman–Crippen MR) is 52.2 cm³/mol. The SMILES string of the molecule is COC(=O)N(N)c1ccccc1[N+](=O)[O-]. The molecule has 7 heteroatoms. The molecule has 1 amide bonds. The Bertz CT molecular complexity index is 393. The summed E-state index contributed by atoms with van der Waals surface area (Å²) in [6.45, 7) is 0. The number of hydrogen-bond donors (Lipinski definition) is 1. The normalized spacial score (nSPS) is 9.47. The molecule has 0 aliphatic rings. The summed E-state index contributed by atoms with van der Waals surface area (Å²) in [6, 6.07) is 5.62. The van der Waals surface area contributed by atoms with E-state index in [9.17, 15) is 14.9 Å². The molecule has 0 saturated heterocycles. The first-order valence-electron chi connectivity index (χ1n) is 3.94. The third kappa shape index (κ3) is 2.20. The molecule has 2 N–H and O–H groups in total. The lowest BCUT2D eigenvalue weighted by molar-refractivity contribution is -0.384. The molecule has 0 bridgehead atoms. The molecule has 0 radical (unpaired) electrons. The molecule has 0 atom stereocenters. The Hall–Kier alpha value is -2.15. The monoisotopic (exact) mass is 211 g/mol. The van der Waals surface area contributed by atoms with Crippen molar-refractivity contribution in [2.45, 2.75) is 0 Å². The summed E-state index contributed by atoms with van der Waals surface area (Å²) in [5, 5.41) is 11.2. The van der Waals surface area contributed by atoms with E-state index < -0.39 is 11.0 Å². The smallest absolute Gasteiger partial charge is 0.428 e. The summed E-state index contributed by atoms with van der Waals surface area (Å²) in [7, 11) is 1.14. The van der Waals surface area contributed by atoms with Gasteiger partial charge in [-0.05, 0) is 6.07 Å². The largest absolute Gasteiger partial charge is 0.452 e. The van der Waals surface area contributed by atoms with Gasteiger partial charge in [0, 0.05) is 6.07 Å². The van der Waals surface area contributed by atoms with Crippen molar-refractivity contribution < 1.29 is 14.5 Å². The first kappa shape index (κ1) is 10.9. The van der Waals surface area contributed by atoms with Crippen LogP contribution in [0.3, 0.4) is 0 Å². The number of hydrazine groups is 1. The number of hydrogen-bond acceptors (Lipinski definition) is 5. The molecular formula is C8H9N3O4. The zero-order valence-electron chi connectivity index (χ0n) is 7.91. The van der Waals surface area contributed by atoms with E-state index in [1.165, 1.54) is 24.3 Å². The van der Waals surface area contributed by atoms with Crippen LogP contribution in [0.5, 0.6) is 0 Å². The average Bonchev–Trinajstić information content (AvgIpc) is 2.27. The van der Waals surface area contributed by atoms with E-state index in [0.29, 0.717) is 5.01 Å². The van der Waals surface area contributed by atoms with E-state index >= 15 is 0 Å². The van der Waals surface area contributed by atoms with E-state index in [-0.39, 0.29) is 11.4 Å². The molecule has 0 aromatic heterocycles. The average molecular weight is 211 g/mol. The van der Waals surface area contributed by atoms with Gasteiger partial charge in [0.1, 0.15) is 5.69 Å². The van der Waals surface area contributed by atoms with Gasteiger partial charge >= 0.3 is 6.09 Å². The summed E-state index contributed by atoms with van der Waals surface area (Å²) < 4.78 is 4.34. The number of carbonyl (C=O) groups excluding carboxylic acids is 1. The fourth-order valence-electron chi connectivity index (χ4n) is 1.02. The molecule has 1 rings (SSSR count). The van der Waals surface area contributed by atoms with Gasteiger partial charge in [0.25, 0.3) is 5.69 Å². The highest BCUT2D eigenvalue weighted by molar-refractivity contribution is 5.89. The lowest BCUT2D eigenvalue weighted by Crippen LogP contribution is -2.37. The maximum atomic E-state index is 11.0. The molecular weight excluding hydrogens is 202 g/mol. The van der Waals surface area contributed by atoms with Crippen molar-refractivity contribution in [1.29, 1.82) is 0 Å². The van der Waals surface area contributed by atoms with Crippen LogP contribution in [0, 0.1) is 10.1 Å². The zero-order chi connectivity index (χ0) is 11.4. The fourth-order valence-corrected chi connectivity index (χ4v) is 1.02. The summed E-state index contributed by atoms with van der Waals surface area (Å²) in [5.41, 5.74) is -0.278. The standard InChI is InChI=1S/C8H9N3O4/c1-15-8(12)10(9)6-4-2-3-5-7(6)11(13)14/h2-5H,9H2,1H3. The Morgan fingerprint density at radius 2 is 2.13 bits per heavy atom. The Morgan fingerprint density at radius 3 is 2.67 bits per heavy atom. The minimum absolute atomic E-state index is 0.0191. The van der Waals surface area contributed by atoms with E-state index in [1.54, 1.807) is 0 Å². The van der Waals surface area contributed by atoms with Crippen molar-refractivity contribution in [2.75, 3.05) is 12.1 Å². The second kappa shape index (κ2) is 4.38. The molecule has 0 aliphatic carbocycles. The van der Waals surface area contributed by atoms with Gasteiger partial charge in [0.05, 0.1) is 12.0 Å². The number of nitrogens with zero attached hydrogens (tertiary/aromatic N) is 2. The van der Waals surface area contributed by atoms with E-state index in [2.05, 4.69) is 4.74 Å².